The lowest BCUT2D eigenvalue weighted by Crippen LogP contribution is -2.55. The number of nitrogens with zero attached hydrogens (tertiary/aromatic N) is 3. The number of imide groups is 1. The summed E-state index contributed by atoms with van der Waals surface area (Å²) in [6, 6.07) is 15.5. The van der Waals surface area contributed by atoms with Crippen LogP contribution in [0.15, 0.2) is 48.5 Å². The van der Waals surface area contributed by atoms with Crippen LogP contribution in [0.3, 0.4) is 0 Å². The number of anilines is 1. The molecule has 0 spiro atoms. The molecule has 1 fully saturated rings. The third kappa shape index (κ3) is 3.56. The summed E-state index contributed by atoms with van der Waals surface area (Å²) in [6.45, 7) is 8.45. The summed E-state index contributed by atoms with van der Waals surface area (Å²) < 4.78 is 5.49. The van der Waals surface area contributed by atoms with Crippen LogP contribution >= 0.6 is 0 Å². The molecule has 2 aliphatic rings. The average molecular weight is 408 g/mol. The highest BCUT2D eigenvalue weighted by Crippen LogP contribution is 2.34. The van der Waals surface area contributed by atoms with Gasteiger partial charge < -0.3 is 9.64 Å². The molecular weight excluding hydrogens is 378 g/mol. The van der Waals surface area contributed by atoms with Gasteiger partial charge in [0.25, 0.3) is 5.91 Å². The molecule has 158 valence electrons. The molecule has 0 radical (unpaired) electrons. The van der Waals surface area contributed by atoms with Crippen LogP contribution in [0.1, 0.15) is 29.8 Å². The first-order valence-electron chi connectivity index (χ1n) is 10.5. The minimum Gasteiger partial charge on any atom is -0.495 e. The number of ether oxygens (including phenoxy) is 1. The number of amides is 2. The standard InChI is InChI=1S/C24H29N3O3/c1-24(2)19-9-5-4-8-18(19)22(28)27(23(24)29)17-14-25-12-15-26(16-13-25)20-10-6-7-11-21(20)30-3/h4-11H,12-17H2,1-3H3. The largest absolute Gasteiger partial charge is 0.495 e. The number of hydrogen-bond acceptors (Lipinski definition) is 5. The normalized spacial score (nSPS) is 19.0. The molecule has 2 heterocycles. The highest BCUT2D eigenvalue weighted by Gasteiger charge is 2.44. The molecular formula is C24H29N3O3. The van der Waals surface area contributed by atoms with E-state index in [4.69, 9.17) is 4.74 Å². The number of para-hydroxylation sites is 2. The van der Waals surface area contributed by atoms with E-state index in [9.17, 15) is 9.59 Å². The van der Waals surface area contributed by atoms with Crippen LogP contribution in [0.25, 0.3) is 0 Å². The molecule has 1 saturated heterocycles. The Morgan fingerprint density at radius 2 is 1.57 bits per heavy atom. The van der Waals surface area contributed by atoms with Crippen molar-refractivity contribution < 1.29 is 14.3 Å². The smallest absolute Gasteiger partial charge is 0.260 e. The average Bonchev–Trinajstić information content (AvgIpc) is 2.78. The third-order valence-electron chi connectivity index (χ3n) is 6.29. The second-order valence-electron chi connectivity index (χ2n) is 8.43. The molecule has 0 aliphatic carbocycles. The van der Waals surface area contributed by atoms with Crippen molar-refractivity contribution in [2.24, 2.45) is 0 Å². The van der Waals surface area contributed by atoms with Gasteiger partial charge in [-0.3, -0.25) is 19.4 Å². The third-order valence-corrected chi connectivity index (χ3v) is 6.29. The van der Waals surface area contributed by atoms with Gasteiger partial charge in [-0.2, -0.15) is 0 Å². The van der Waals surface area contributed by atoms with Crippen molar-refractivity contribution in [2.45, 2.75) is 19.3 Å². The van der Waals surface area contributed by atoms with E-state index >= 15 is 0 Å². The molecule has 2 aromatic rings. The molecule has 2 aliphatic heterocycles. The van der Waals surface area contributed by atoms with Crippen LogP contribution in [0.2, 0.25) is 0 Å². The highest BCUT2D eigenvalue weighted by atomic mass is 16.5. The van der Waals surface area contributed by atoms with E-state index in [0.717, 1.165) is 43.2 Å². The first-order chi connectivity index (χ1) is 14.4. The monoisotopic (exact) mass is 407 g/mol. The van der Waals surface area contributed by atoms with Crippen molar-refractivity contribution in [1.29, 1.82) is 0 Å². The predicted octanol–water partition coefficient (Wildman–Crippen LogP) is 2.78. The number of hydrogen-bond donors (Lipinski definition) is 0. The Morgan fingerprint density at radius 1 is 0.900 bits per heavy atom. The molecule has 0 saturated carbocycles. The van der Waals surface area contributed by atoms with Crippen molar-refractivity contribution in [2.75, 3.05) is 51.3 Å². The lowest BCUT2D eigenvalue weighted by molar-refractivity contribution is -0.134. The predicted molar refractivity (Wildman–Crippen MR) is 117 cm³/mol. The van der Waals surface area contributed by atoms with E-state index in [1.165, 1.54) is 4.90 Å². The molecule has 30 heavy (non-hydrogen) atoms. The molecule has 6 heteroatoms. The van der Waals surface area contributed by atoms with E-state index < -0.39 is 5.41 Å². The summed E-state index contributed by atoms with van der Waals surface area (Å²) in [4.78, 5) is 32.1. The Labute approximate surface area is 178 Å². The summed E-state index contributed by atoms with van der Waals surface area (Å²) in [5.74, 6) is 0.595. The summed E-state index contributed by atoms with van der Waals surface area (Å²) in [7, 11) is 1.70. The van der Waals surface area contributed by atoms with E-state index in [-0.39, 0.29) is 11.8 Å². The van der Waals surface area contributed by atoms with Crippen LogP contribution < -0.4 is 9.64 Å². The first-order valence-corrected chi connectivity index (χ1v) is 10.5. The summed E-state index contributed by atoms with van der Waals surface area (Å²) >= 11 is 0. The van der Waals surface area contributed by atoms with Crippen LogP contribution in [0.4, 0.5) is 5.69 Å². The second kappa shape index (κ2) is 8.11. The van der Waals surface area contributed by atoms with Gasteiger partial charge in [-0.15, -0.1) is 0 Å². The molecule has 2 aromatic carbocycles. The first kappa shape index (κ1) is 20.4. The van der Waals surface area contributed by atoms with E-state index in [1.807, 2.05) is 56.3 Å². The molecule has 2 amide bonds. The zero-order valence-corrected chi connectivity index (χ0v) is 17.9. The van der Waals surface area contributed by atoms with Crippen LogP contribution in [-0.4, -0.2) is 68.0 Å². The number of methoxy groups -OCH3 is 1. The Hall–Kier alpha value is -2.86. The quantitative estimate of drug-likeness (QED) is 0.714. The fourth-order valence-electron chi connectivity index (χ4n) is 4.45. The van der Waals surface area contributed by atoms with Gasteiger partial charge in [-0.1, -0.05) is 30.3 Å². The minimum atomic E-state index is -0.687. The number of carbonyl (C=O) groups excluding carboxylic acids is 2. The lowest BCUT2D eigenvalue weighted by Gasteiger charge is -2.40. The van der Waals surface area contributed by atoms with Crippen LogP contribution in [-0.2, 0) is 10.2 Å². The molecule has 0 unspecified atom stereocenters. The maximum absolute atomic E-state index is 13.1. The zero-order valence-electron chi connectivity index (χ0n) is 17.9. The fourth-order valence-corrected chi connectivity index (χ4v) is 4.45. The maximum atomic E-state index is 13.1. The van der Waals surface area contributed by atoms with Crippen molar-refractivity contribution in [3.63, 3.8) is 0 Å². The van der Waals surface area contributed by atoms with Crippen molar-refractivity contribution in [1.82, 2.24) is 9.80 Å². The number of carbonyl (C=O) groups is 2. The number of benzene rings is 2. The van der Waals surface area contributed by atoms with Crippen molar-refractivity contribution in [3.8, 4) is 5.75 Å². The highest BCUT2D eigenvalue weighted by molar-refractivity contribution is 6.12. The van der Waals surface area contributed by atoms with E-state index in [2.05, 4.69) is 15.9 Å². The Morgan fingerprint density at radius 3 is 2.30 bits per heavy atom. The summed E-state index contributed by atoms with van der Waals surface area (Å²) in [5.41, 5.74) is 1.89. The number of piperazine rings is 1. The molecule has 0 aromatic heterocycles. The maximum Gasteiger partial charge on any atom is 0.260 e. The zero-order chi connectivity index (χ0) is 21.3. The Bertz CT molecular complexity index is 948. The Balaban J connectivity index is 1.39. The van der Waals surface area contributed by atoms with Gasteiger partial charge in [-0.25, -0.2) is 0 Å². The van der Waals surface area contributed by atoms with Crippen LogP contribution in [0.5, 0.6) is 5.75 Å². The topological polar surface area (TPSA) is 53.1 Å². The second-order valence-corrected chi connectivity index (χ2v) is 8.43. The summed E-state index contributed by atoms with van der Waals surface area (Å²) in [5, 5.41) is 0. The van der Waals surface area contributed by atoms with E-state index in [1.54, 1.807) is 7.11 Å². The van der Waals surface area contributed by atoms with Gasteiger partial charge in [0.05, 0.1) is 18.2 Å². The molecule has 0 bridgehead atoms. The molecule has 0 N–H and O–H groups in total. The van der Waals surface area contributed by atoms with Gasteiger partial charge in [0.1, 0.15) is 5.75 Å². The van der Waals surface area contributed by atoms with Crippen molar-refractivity contribution in [3.05, 3.63) is 59.7 Å². The minimum absolute atomic E-state index is 0.112. The van der Waals surface area contributed by atoms with Crippen LogP contribution in [0, 0.1) is 0 Å². The van der Waals surface area contributed by atoms with Gasteiger partial charge in [0.2, 0.25) is 5.91 Å². The van der Waals surface area contributed by atoms with Crippen molar-refractivity contribution >= 4 is 17.5 Å². The fraction of sp³-hybridized carbons (Fsp3) is 0.417. The summed E-state index contributed by atoms with van der Waals surface area (Å²) in [6.07, 6.45) is 0. The number of fused-ring (bicyclic) bond motifs is 1. The molecule has 6 nitrogen and oxygen atoms in total. The molecule has 4 rings (SSSR count). The van der Waals surface area contributed by atoms with Gasteiger partial charge in [0, 0.05) is 44.8 Å². The Kier molecular flexibility index (Phi) is 5.52. The molecule has 0 atom stereocenters. The SMILES string of the molecule is COc1ccccc1N1CCN(CCN2C(=O)c3ccccc3C(C)(C)C2=O)CC1. The van der Waals surface area contributed by atoms with Gasteiger partial charge >= 0.3 is 0 Å². The number of rotatable bonds is 5. The van der Waals surface area contributed by atoms with E-state index in [0.29, 0.717) is 18.7 Å². The van der Waals surface area contributed by atoms with Gasteiger partial charge in [-0.05, 0) is 37.6 Å². The van der Waals surface area contributed by atoms with Gasteiger partial charge in [0.15, 0.2) is 0 Å². The lowest BCUT2D eigenvalue weighted by atomic mass is 9.77.